The third kappa shape index (κ3) is 12.3. The van der Waals surface area contributed by atoms with E-state index >= 15 is 0 Å². The Kier molecular flexibility index (Phi) is 16.0. The Morgan fingerprint density at radius 2 is 1.00 bits per heavy atom. The van der Waals surface area contributed by atoms with Crippen molar-refractivity contribution >= 4 is 0 Å². The zero-order valence-electron chi connectivity index (χ0n) is 33.5. The van der Waals surface area contributed by atoms with Crippen LogP contribution in [0.1, 0.15) is 27.8 Å². The molecule has 0 amide bonds. The molecule has 14 nitrogen and oxygen atoms in total. The van der Waals surface area contributed by atoms with Crippen molar-refractivity contribution in [2.45, 2.75) is 82.0 Å². The van der Waals surface area contributed by atoms with E-state index in [1.165, 1.54) is 0 Å². The summed E-state index contributed by atoms with van der Waals surface area (Å²) in [6.07, 6.45) is -5.59. The molecule has 5 aromatic carbocycles. The van der Waals surface area contributed by atoms with Crippen molar-refractivity contribution in [3.63, 3.8) is 0 Å². The molecule has 14 heteroatoms. The number of ether oxygens (including phenoxy) is 8. The van der Waals surface area contributed by atoms with Crippen LogP contribution in [0.15, 0.2) is 169 Å². The van der Waals surface area contributed by atoms with E-state index in [2.05, 4.69) is 10.0 Å². The molecule has 1 saturated heterocycles. The summed E-state index contributed by atoms with van der Waals surface area (Å²) in [5, 5.41) is 16.6. The molecule has 0 aliphatic carbocycles. The summed E-state index contributed by atoms with van der Waals surface area (Å²) in [5.74, 6) is 0. The summed E-state index contributed by atoms with van der Waals surface area (Å²) in [4.78, 5) is 15.1. The molecule has 0 spiro atoms. The van der Waals surface area contributed by atoms with E-state index in [0.717, 1.165) is 34.1 Å². The van der Waals surface area contributed by atoms with E-state index in [0.29, 0.717) is 6.61 Å². The fraction of sp³-hybridized carbons (Fsp3) is 0.319. The molecule has 0 N–H and O–H groups in total. The zero-order valence-corrected chi connectivity index (χ0v) is 33.5. The Balaban J connectivity index is 1.17. The van der Waals surface area contributed by atoms with Crippen molar-refractivity contribution in [3.8, 4) is 0 Å². The van der Waals surface area contributed by atoms with Crippen molar-refractivity contribution in [1.29, 1.82) is 0 Å². The molecule has 2 aliphatic heterocycles. The lowest BCUT2D eigenvalue weighted by atomic mass is 9.96. The molecule has 0 saturated carbocycles. The second kappa shape index (κ2) is 22.6. The molecule has 7 rings (SSSR count). The minimum Gasteiger partial charge on any atom is -0.486 e. The normalized spacial score (nSPS) is 23.6. The number of rotatable bonds is 21. The monoisotopic (exact) mass is 828 g/mol. The van der Waals surface area contributed by atoms with Crippen LogP contribution in [0.2, 0.25) is 0 Å². The van der Waals surface area contributed by atoms with E-state index in [1.54, 1.807) is 0 Å². The predicted octanol–water partition coefficient (Wildman–Crippen LogP) is 8.48. The molecular formula is C47H48N4O10. The summed E-state index contributed by atoms with van der Waals surface area (Å²) < 4.78 is 51.4. The van der Waals surface area contributed by atoms with E-state index < -0.39 is 53.9 Å². The van der Waals surface area contributed by atoms with Crippen molar-refractivity contribution in [3.05, 3.63) is 212 Å². The summed E-state index contributed by atoms with van der Waals surface area (Å²) in [6, 6.07) is 46.8. The number of hydrogen-bond donors (Lipinski definition) is 0. The van der Waals surface area contributed by atoms with E-state index in [4.69, 9.17) is 37.9 Å². The zero-order chi connectivity index (χ0) is 42.1. The number of azide groups is 1. The lowest BCUT2D eigenvalue weighted by Crippen LogP contribution is -2.61. The Labute approximate surface area is 354 Å². The fourth-order valence-corrected chi connectivity index (χ4v) is 7.18. The third-order valence-corrected chi connectivity index (χ3v) is 10.3. The number of benzene rings is 5. The lowest BCUT2D eigenvalue weighted by molar-refractivity contribution is -0.447. The van der Waals surface area contributed by atoms with Crippen LogP contribution in [-0.2, 0) is 70.9 Å². The highest BCUT2D eigenvalue weighted by atomic mass is 16.7. The molecule has 1 fully saturated rings. The van der Waals surface area contributed by atoms with Gasteiger partial charge in [0.1, 0.15) is 30.5 Å². The van der Waals surface area contributed by atoms with Gasteiger partial charge in [-0.1, -0.05) is 157 Å². The Morgan fingerprint density at radius 1 is 0.557 bits per heavy atom. The summed E-state index contributed by atoms with van der Waals surface area (Å²) in [5.41, 5.74) is 14.1. The molecule has 61 heavy (non-hydrogen) atoms. The molecule has 0 aromatic heterocycles. The van der Waals surface area contributed by atoms with Crippen LogP contribution in [-0.4, -0.2) is 67.1 Å². The van der Waals surface area contributed by atoms with Gasteiger partial charge in [0.15, 0.2) is 24.8 Å². The molecule has 2 aliphatic rings. The number of nitro groups is 1. The molecular weight excluding hydrogens is 781 g/mol. The van der Waals surface area contributed by atoms with Crippen molar-refractivity contribution in [1.82, 2.24) is 0 Å². The van der Waals surface area contributed by atoms with Gasteiger partial charge in [-0.2, -0.15) is 0 Å². The lowest BCUT2D eigenvalue weighted by Gasteiger charge is -2.45. The van der Waals surface area contributed by atoms with Crippen LogP contribution in [0.4, 0.5) is 0 Å². The van der Waals surface area contributed by atoms with Gasteiger partial charge in [0, 0.05) is 4.91 Å². The predicted molar refractivity (Wildman–Crippen MR) is 224 cm³/mol. The Hall–Kier alpha value is -5.93. The van der Waals surface area contributed by atoms with Crippen molar-refractivity contribution in [2.24, 2.45) is 5.11 Å². The third-order valence-electron chi connectivity index (χ3n) is 10.3. The molecule has 316 valence electrons. The second-order valence-electron chi connectivity index (χ2n) is 14.5. The van der Waals surface area contributed by atoms with Crippen LogP contribution in [0.3, 0.4) is 0 Å². The maximum atomic E-state index is 12.4. The summed E-state index contributed by atoms with van der Waals surface area (Å²) >= 11 is 0. The van der Waals surface area contributed by atoms with Gasteiger partial charge >= 0.3 is 5.70 Å². The highest BCUT2D eigenvalue weighted by Crippen LogP contribution is 2.33. The van der Waals surface area contributed by atoms with Gasteiger partial charge in [-0.3, -0.25) is 10.1 Å². The highest BCUT2D eigenvalue weighted by Gasteiger charge is 2.50. The molecule has 0 bridgehead atoms. The van der Waals surface area contributed by atoms with Gasteiger partial charge in [0.2, 0.25) is 0 Å². The number of nitrogens with zero attached hydrogens (tertiary/aromatic N) is 4. The van der Waals surface area contributed by atoms with Crippen LogP contribution in [0, 0.1) is 10.1 Å². The van der Waals surface area contributed by atoms with E-state index in [-0.39, 0.29) is 45.3 Å². The largest absolute Gasteiger partial charge is 0.486 e. The standard InChI is InChI=1S/C47H48N4O10/c48-50-49-42-46(59-30-38-24-14-5-15-25-38)45(58-29-37-22-12-4-13-23-37)41(32-54-26-34-16-6-1-7-17-34)61-47(42)60-33-40-44(57-28-36-20-10-3-11-21-36)43(39(31-55-40)51(52)53)56-27-35-18-8-2-9-19-35/h1-25,31,40-47H,26-30,32-33H2/t40-,41-,42-,43-,44+,45-,46-,47-/m1/s1. The first-order chi connectivity index (χ1) is 30.1. The second-order valence-corrected chi connectivity index (χ2v) is 14.5. The average Bonchev–Trinajstić information content (AvgIpc) is 3.30. The van der Waals surface area contributed by atoms with Gasteiger partial charge in [-0.05, 0) is 33.3 Å². The van der Waals surface area contributed by atoms with Gasteiger partial charge < -0.3 is 37.9 Å². The molecule has 0 unspecified atom stereocenters. The van der Waals surface area contributed by atoms with E-state index in [9.17, 15) is 15.6 Å². The van der Waals surface area contributed by atoms with Gasteiger partial charge in [-0.15, -0.1) is 0 Å². The molecule has 8 atom stereocenters. The number of hydrogen-bond acceptors (Lipinski definition) is 11. The first-order valence-corrected chi connectivity index (χ1v) is 20.1. The maximum absolute atomic E-state index is 12.4. The summed E-state index contributed by atoms with van der Waals surface area (Å²) in [7, 11) is 0. The first-order valence-electron chi connectivity index (χ1n) is 20.1. The van der Waals surface area contributed by atoms with Crippen LogP contribution < -0.4 is 0 Å². The SMILES string of the molecule is [N-]=[N+]=N[C@H]1[C@H](OC[C@H]2OC=C([N+](=O)[O-])[C@@H](OCc3ccccc3)[C@H]2OCc2ccccc2)O[C@H](COCc2ccccc2)[C@@H](OCc2ccccc2)[C@@H]1OCc1ccccc1. The molecule has 0 radical (unpaired) electrons. The average molecular weight is 829 g/mol. The first kappa shape index (κ1) is 43.2. The Morgan fingerprint density at radius 3 is 1.48 bits per heavy atom. The van der Waals surface area contributed by atoms with Crippen LogP contribution in [0.5, 0.6) is 0 Å². The molecule has 5 aromatic rings. The maximum Gasteiger partial charge on any atom is 0.311 e. The fourth-order valence-electron chi connectivity index (χ4n) is 7.18. The van der Waals surface area contributed by atoms with Gasteiger partial charge in [-0.25, -0.2) is 0 Å². The molecule has 2 heterocycles. The smallest absolute Gasteiger partial charge is 0.311 e. The summed E-state index contributed by atoms with van der Waals surface area (Å²) in [6.45, 7) is 0.764. The topological polar surface area (TPSA) is 166 Å². The van der Waals surface area contributed by atoms with Crippen LogP contribution in [0.25, 0.3) is 10.4 Å². The van der Waals surface area contributed by atoms with E-state index in [1.807, 2.05) is 152 Å². The minimum absolute atomic E-state index is 0.0788. The van der Waals surface area contributed by atoms with Crippen molar-refractivity contribution in [2.75, 3.05) is 13.2 Å². The Bertz CT molecular complexity index is 2150. The highest BCUT2D eigenvalue weighted by molar-refractivity contribution is 5.18. The van der Waals surface area contributed by atoms with Gasteiger partial charge in [0.05, 0.1) is 51.2 Å². The van der Waals surface area contributed by atoms with Gasteiger partial charge in [0.25, 0.3) is 0 Å². The van der Waals surface area contributed by atoms with Crippen molar-refractivity contribution < 1.29 is 42.8 Å². The van der Waals surface area contributed by atoms with Crippen LogP contribution >= 0.6 is 0 Å². The quantitative estimate of drug-likeness (QED) is 0.0230. The minimum atomic E-state index is -1.19.